The number of nitrogens with zero attached hydrogens (tertiary/aromatic N) is 2. The van der Waals surface area contributed by atoms with E-state index in [1.807, 2.05) is 6.20 Å². The number of ether oxygens (including phenoxy) is 1. The highest BCUT2D eigenvalue weighted by atomic mass is 16.5. The first kappa shape index (κ1) is 7.80. The third-order valence-corrected chi connectivity index (χ3v) is 2.25. The van der Waals surface area contributed by atoms with E-state index in [0.29, 0.717) is 12.5 Å². The molecule has 2 rings (SSSR count). The Bertz CT molecular complexity index is 278. The fraction of sp³-hybridized carbons (Fsp3) is 0.667. The second kappa shape index (κ2) is 2.90. The Morgan fingerprint density at radius 2 is 2.42 bits per heavy atom. The van der Waals surface area contributed by atoms with Crippen molar-refractivity contribution in [3.8, 4) is 0 Å². The average Bonchev–Trinajstić information content (AvgIpc) is 2.47. The van der Waals surface area contributed by atoms with E-state index in [9.17, 15) is 0 Å². The van der Waals surface area contributed by atoms with Crippen molar-refractivity contribution in [2.24, 2.45) is 0 Å². The summed E-state index contributed by atoms with van der Waals surface area (Å²) >= 11 is 0. The molecule has 3 nitrogen and oxygen atoms in total. The van der Waals surface area contributed by atoms with Crippen LogP contribution < -0.4 is 0 Å². The molecule has 1 aromatic heterocycles. The lowest BCUT2D eigenvalue weighted by molar-refractivity contribution is 0.0804. The van der Waals surface area contributed by atoms with Gasteiger partial charge in [-0.1, -0.05) is 13.8 Å². The lowest BCUT2D eigenvalue weighted by atomic mass is 10.1. The number of aromatic nitrogens is 2. The van der Waals surface area contributed by atoms with E-state index in [0.717, 1.165) is 19.0 Å². The van der Waals surface area contributed by atoms with Crippen LogP contribution in [0.15, 0.2) is 6.20 Å². The van der Waals surface area contributed by atoms with Gasteiger partial charge in [0.15, 0.2) is 0 Å². The molecule has 12 heavy (non-hydrogen) atoms. The van der Waals surface area contributed by atoms with E-state index >= 15 is 0 Å². The van der Waals surface area contributed by atoms with Crippen LogP contribution in [-0.4, -0.2) is 16.2 Å². The fourth-order valence-electron chi connectivity index (χ4n) is 1.58. The van der Waals surface area contributed by atoms with Crippen LogP contribution in [0.1, 0.15) is 31.3 Å². The van der Waals surface area contributed by atoms with E-state index in [-0.39, 0.29) is 0 Å². The zero-order valence-corrected chi connectivity index (χ0v) is 7.58. The van der Waals surface area contributed by atoms with Gasteiger partial charge in [-0.15, -0.1) is 0 Å². The molecular weight excluding hydrogens is 152 g/mol. The van der Waals surface area contributed by atoms with Crippen molar-refractivity contribution in [3.05, 3.63) is 17.7 Å². The van der Waals surface area contributed by atoms with Gasteiger partial charge >= 0.3 is 0 Å². The summed E-state index contributed by atoms with van der Waals surface area (Å²) in [5.41, 5.74) is 1.33. The van der Waals surface area contributed by atoms with E-state index < -0.39 is 0 Å². The Morgan fingerprint density at radius 3 is 3.17 bits per heavy atom. The predicted molar refractivity (Wildman–Crippen MR) is 46.0 cm³/mol. The van der Waals surface area contributed by atoms with Gasteiger partial charge in [0.2, 0.25) is 0 Å². The minimum atomic E-state index is 0.560. The van der Waals surface area contributed by atoms with Crippen LogP contribution in [-0.2, 0) is 17.9 Å². The average molecular weight is 166 g/mol. The van der Waals surface area contributed by atoms with Crippen molar-refractivity contribution in [1.29, 1.82) is 0 Å². The summed E-state index contributed by atoms with van der Waals surface area (Å²) in [5, 5.41) is 0. The summed E-state index contributed by atoms with van der Waals surface area (Å²) in [5.74, 6) is 1.63. The molecule has 0 amide bonds. The Hall–Kier alpha value is -0.830. The third-order valence-electron chi connectivity index (χ3n) is 2.25. The summed E-state index contributed by atoms with van der Waals surface area (Å²) in [7, 11) is 0. The van der Waals surface area contributed by atoms with Gasteiger partial charge in [0.05, 0.1) is 6.61 Å². The van der Waals surface area contributed by atoms with Crippen molar-refractivity contribution in [3.63, 3.8) is 0 Å². The molecule has 0 bridgehead atoms. The molecule has 2 heterocycles. The normalized spacial score (nSPS) is 16.6. The van der Waals surface area contributed by atoms with Crippen LogP contribution in [0.2, 0.25) is 0 Å². The summed E-state index contributed by atoms with van der Waals surface area (Å²) in [6.45, 7) is 6.85. The molecule has 0 N–H and O–H groups in total. The number of hydrogen-bond donors (Lipinski definition) is 0. The molecule has 0 saturated carbocycles. The Balaban J connectivity index is 2.38. The van der Waals surface area contributed by atoms with Crippen LogP contribution in [0, 0.1) is 0 Å². The van der Waals surface area contributed by atoms with Crippen LogP contribution in [0.25, 0.3) is 0 Å². The maximum atomic E-state index is 5.31. The predicted octanol–water partition coefficient (Wildman–Crippen LogP) is 1.54. The highest BCUT2D eigenvalue weighted by molar-refractivity contribution is 5.09. The van der Waals surface area contributed by atoms with E-state index in [2.05, 4.69) is 23.4 Å². The Morgan fingerprint density at radius 1 is 1.58 bits per heavy atom. The molecule has 3 heteroatoms. The smallest absolute Gasteiger partial charge is 0.135 e. The summed E-state index contributed by atoms with van der Waals surface area (Å²) in [4.78, 5) is 4.32. The minimum absolute atomic E-state index is 0.560. The standard InChI is InChI=1S/C9H14N2O/c1-7(2)8-5-10-9-6-12-4-3-11(8)9/h5,7H,3-4,6H2,1-2H3. The molecule has 0 aliphatic carbocycles. The third kappa shape index (κ3) is 1.14. The highest BCUT2D eigenvalue weighted by Gasteiger charge is 2.15. The van der Waals surface area contributed by atoms with Crippen molar-refractivity contribution in [2.75, 3.05) is 6.61 Å². The quantitative estimate of drug-likeness (QED) is 0.632. The van der Waals surface area contributed by atoms with Crippen molar-refractivity contribution >= 4 is 0 Å². The van der Waals surface area contributed by atoms with Gasteiger partial charge in [0.25, 0.3) is 0 Å². The van der Waals surface area contributed by atoms with Gasteiger partial charge in [-0.05, 0) is 5.92 Å². The molecule has 0 unspecified atom stereocenters. The van der Waals surface area contributed by atoms with Gasteiger partial charge in [0.1, 0.15) is 12.4 Å². The van der Waals surface area contributed by atoms with Gasteiger partial charge in [-0.25, -0.2) is 4.98 Å². The monoisotopic (exact) mass is 166 g/mol. The summed E-state index contributed by atoms with van der Waals surface area (Å²) in [6.07, 6.45) is 1.97. The maximum absolute atomic E-state index is 5.31. The van der Waals surface area contributed by atoms with Crippen LogP contribution >= 0.6 is 0 Å². The molecule has 1 aliphatic rings. The molecule has 0 radical (unpaired) electrons. The van der Waals surface area contributed by atoms with Gasteiger partial charge in [-0.2, -0.15) is 0 Å². The van der Waals surface area contributed by atoms with Crippen LogP contribution in [0.3, 0.4) is 0 Å². The Labute approximate surface area is 72.4 Å². The van der Waals surface area contributed by atoms with Crippen molar-refractivity contribution in [1.82, 2.24) is 9.55 Å². The molecule has 1 aromatic rings. The highest BCUT2D eigenvalue weighted by Crippen LogP contribution is 2.18. The lowest BCUT2D eigenvalue weighted by Gasteiger charge is -2.18. The van der Waals surface area contributed by atoms with E-state index in [1.54, 1.807) is 0 Å². The molecule has 0 atom stereocenters. The molecule has 1 aliphatic heterocycles. The second-order valence-corrected chi connectivity index (χ2v) is 3.46. The molecule has 0 saturated heterocycles. The molecular formula is C9H14N2O. The van der Waals surface area contributed by atoms with Gasteiger partial charge in [0, 0.05) is 18.4 Å². The first-order valence-electron chi connectivity index (χ1n) is 4.41. The maximum Gasteiger partial charge on any atom is 0.135 e. The molecule has 66 valence electrons. The van der Waals surface area contributed by atoms with Crippen LogP contribution in [0.4, 0.5) is 0 Å². The fourth-order valence-corrected chi connectivity index (χ4v) is 1.58. The van der Waals surface area contributed by atoms with Gasteiger partial charge in [-0.3, -0.25) is 0 Å². The van der Waals surface area contributed by atoms with Gasteiger partial charge < -0.3 is 9.30 Å². The van der Waals surface area contributed by atoms with Crippen molar-refractivity contribution in [2.45, 2.75) is 32.9 Å². The topological polar surface area (TPSA) is 27.1 Å². The second-order valence-electron chi connectivity index (χ2n) is 3.46. The minimum Gasteiger partial charge on any atom is -0.372 e. The molecule has 0 fully saturated rings. The largest absolute Gasteiger partial charge is 0.372 e. The lowest BCUT2D eigenvalue weighted by Crippen LogP contribution is -2.18. The van der Waals surface area contributed by atoms with E-state index in [4.69, 9.17) is 4.74 Å². The summed E-state index contributed by atoms with van der Waals surface area (Å²) in [6, 6.07) is 0. The Kier molecular flexibility index (Phi) is 1.89. The summed E-state index contributed by atoms with van der Waals surface area (Å²) < 4.78 is 7.58. The van der Waals surface area contributed by atoms with Crippen molar-refractivity contribution < 1.29 is 4.74 Å². The first-order valence-corrected chi connectivity index (χ1v) is 4.41. The first-order chi connectivity index (χ1) is 5.79. The molecule has 0 spiro atoms. The number of rotatable bonds is 1. The van der Waals surface area contributed by atoms with E-state index in [1.165, 1.54) is 5.69 Å². The SMILES string of the molecule is CC(C)c1cnc2n1CCOC2. The van der Waals surface area contributed by atoms with Crippen LogP contribution in [0.5, 0.6) is 0 Å². The number of imidazole rings is 1. The zero-order valence-electron chi connectivity index (χ0n) is 7.58. The zero-order chi connectivity index (χ0) is 8.55. The molecule has 0 aromatic carbocycles. The number of fused-ring (bicyclic) bond motifs is 1. The number of hydrogen-bond acceptors (Lipinski definition) is 2.